The summed E-state index contributed by atoms with van der Waals surface area (Å²) in [7, 11) is 0. The van der Waals surface area contributed by atoms with Crippen LogP contribution in [-0.4, -0.2) is 0 Å². The molecule has 0 unspecified atom stereocenters. The topological polar surface area (TPSA) is 0 Å². The minimum absolute atomic E-state index is 0.646. The van der Waals surface area contributed by atoms with Gasteiger partial charge < -0.3 is 0 Å². The molecule has 0 radical (unpaired) electrons. The molecule has 0 saturated heterocycles. The van der Waals surface area contributed by atoms with Crippen LogP contribution in [0, 0.1) is 11.8 Å². The minimum Gasteiger partial charge on any atom is -0.0622 e. The molecule has 0 amide bonds. The van der Waals surface area contributed by atoms with E-state index in [1.807, 2.05) is 6.07 Å². The van der Waals surface area contributed by atoms with Crippen LogP contribution in [0.4, 0.5) is 0 Å². The molecule has 0 heterocycles. The molecule has 0 aromatic heterocycles. The van der Waals surface area contributed by atoms with Gasteiger partial charge in [0.25, 0.3) is 0 Å². The van der Waals surface area contributed by atoms with Crippen LogP contribution in [0.5, 0.6) is 0 Å². The molecule has 1 saturated carbocycles. The van der Waals surface area contributed by atoms with Gasteiger partial charge in [0.05, 0.1) is 0 Å². The van der Waals surface area contributed by atoms with Crippen LogP contribution in [0.3, 0.4) is 0 Å². The number of benzene rings is 3. The zero-order valence-corrected chi connectivity index (χ0v) is 15.1. The third-order valence-corrected chi connectivity index (χ3v) is 5.33. The Morgan fingerprint density at radius 1 is 0.615 bits per heavy atom. The monoisotopic (exact) mass is 336 g/mol. The van der Waals surface area contributed by atoms with Crippen molar-refractivity contribution in [3.05, 3.63) is 95.6 Å². The maximum atomic E-state index is 3.54. The van der Waals surface area contributed by atoms with Crippen LogP contribution in [-0.2, 0) is 0 Å². The lowest BCUT2D eigenvalue weighted by molar-refractivity contribution is 0.443. The summed E-state index contributed by atoms with van der Waals surface area (Å²) in [5, 5.41) is 0. The molecular weight excluding hydrogens is 312 g/mol. The SMILES string of the molecule is C(#Cc1c(-c2ccccc2)cccc1C1CCCCC1)c1ccccc1. The highest BCUT2D eigenvalue weighted by molar-refractivity contribution is 5.73. The standard InChI is InChI=1S/C26H24/c1-4-11-21(12-5-1)19-20-26-24(22-13-6-2-7-14-22)17-10-18-25(26)23-15-8-3-9-16-23/h1-2,4-7,10-14,17-18,23H,3,8-9,15-16H2. The van der Waals surface area contributed by atoms with Crippen LogP contribution in [0.1, 0.15) is 54.7 Å². The van der Waals surface area contributed by atoms with E-state index < -0.39 is 0 Å². The normalized spacial score (nSPS) is 14.5. The second-order valence-corrected chi connectivity index (χ2v) is 7.09. The van der Waals surface area contributed by atoms with Crippen molar-refractivity contribution in [2.75, 3.05) is 0 Å². The molecule has 0 nitrogen and oxygen atoms in total. The van der Waals surface area contributed by atoms with Crippen molar-refractivity contribution in [1.82, 2.24) is 0 Å². The Labute approximate surface area is 156 Å². The highest BCUT2D eigenvalue weighted by Gasteiger charge is 2.19. The lowest BCUT2D eigenvalue weighted by Crippen LogP contribution is -2.07. The van der Waals surface area contributed by atoms with E-state index in [0.717, 1.165) is 5.56 Å². The quantitative estimate of drug-likeness (QED) is 0.451. The molecule has 0 aliphatic heterocycles. The Morgan fingerprint density at radius 3 is 2.04 bits per heavy atom. The first-order chi connectivity index (χ1) is 12.9. The molecule has 0 atom stereocenters. The second kappa shape index (κ2) is 8.07. The number of hydrogen-bond acceptors (Lipinski definition) is 0. The van der Waals surface area contributed by atoms with E-state index in [4.69, 9.17) is 0 Å². The van der Waals surface area contributed by atoms with Gasteiger partial charge in [0, 0.05) is 11.1 Å². The average Bonchev–Trinajstić information content (AvgIpc) is 2.74. The van der Waals surface area contributed by atoms with Gasteiger partial charge in [-0.25, -0.2) is 0 Å². The summed E-state index contributed by atoms with van der Waals surface area (Å²) in [5.74, 6) is 7.59. The maximum absolute atomic E-state index is 3.54. The smallest absolute Gasteiger partial charge is 0.0362 e. The van der Waals surface area contributed by atoms with Crippen molar-refractivity contribution in [1.29, 1.82) is 0 Å². The van der Waals surface area contributed by atoms with Crippen LogP contribution >= 0.6 is 0 Å². The van der Waals surface area contributed by atoms with Crippen LogP contribution in [0.25, 0.3) is 11.1 Å². The van der Waals surface area contributed by atoms with Gasteiger partial charge in [-0.2, -0.15) is 0 Å². The van der Waals surface area contributed by atoms with Gasteiger partial charge in [-0.3, -0.25) is 0 Å². The van der Waals surface area contributed by atoms with Crippen LogP contribution in [0.2, 0.25) is 0 Å². The average molecular weight is 336 g/mol. The number of rotatable bonds is 2. The van der Waals surface area contributed by atoms with Crippen molar-refractivity contribution in [3.8, 4) is 23.0 Å². The van der Waals surface area contributed by atoms with Gasteiger partial charge in [-0.15, -0.1) is 0 Å². The minimum atomic E-state index is 0.646. The summed E-state index contributed by atoms with van der Waals surface area (Å²) in [4.78, 5) is 0. The highest BCUT2D eigenvalue weighted by Crippen LogP contribution is 2.37. The van der Waals surface area contributed by atoms with Crippen molar-refractivity contribution >= 4 is 0 Å². The highest BCUT2D eigenvalue weighted by atomic mass is 14.2. The van der Waals surface area contributed by atoms with Crippen molar-refractivity contribution < 1.29 is 0 Å². The van der Waals surface area contributed by atoms with E-state index in [0.29, 0.717) is 5.92 Å². The molecule has 3 aromatic carbocycles. The lowest BCUT2D eigenvalue weighted by atomic mass is 9.80. The molecule has 0 bridgehead atoms. The van der Waals surface area contributed by atoms with E-state index in [-0.39, 0.29) is 0 Å². The van der Waals surface area contributed by atoms with Gasteiger partial charge in [-0.1, -0.05) is 97.8 Å². The Hall–Kier alpha value is -2.78. The molecule has 0 N–H and O–H groups in total. The van der Waals surface area contributed by atoms with Gasteiger partial charge in [0.2, 0.25) is 0 Å². The summed E-state index contributed by atoms with van der Waals surface area (Å²) in [6.07, 6.45) is 6.63. The summed E-state index contributed by atoms with van der Waals surface area (Å²) in [6, 6.07) is 27.7. The zero-order chi connectivity index (χ0) is 17.6. The first-order valence-electron chi connectivity index (χ1n) is 9.67. The molecule has 26 heavy (non-hydrogen) atoms. The predicted octanol–water partition coefficient (Wildman–Crippen LogP) is 6.80. The summed E-state index contributed by atoms with van der Waals surface area (Å²) >= 11 is 0. The van der Waals surface area contributed by atoms with Gasteiger partial charge in [0.15, 0.2) is 0 Å². The Balaban J connectivity index is 1.83. The molecule has 1 fully saturated rings. The molecular formula is C26H24. The molecule has 0 heteroatoms. The van der Waals surface area contributed by atoms with E-state index >= 15 is 0 Å². The fourth-order valence-corrected chi connectivity index (χ4v) is 3.98. The Morgan fingerprint density at radius 2 is 1.31 bits per heavy atom. The van der Waals surface area contributed by atoms with Gasteiger partial charge >= 0.3 is 0 Å². The first-order valence-corrected chi connectivity index (χ1v) is 9.67. The van der Waals surface area contributed by atoms with Gasteiger partial charge in [-0.05, 0) is 47.6 Å². The molecule has 0 spiro atoms. The zero-order valence-electron chi connectivity index (χ0n) is 15.1. The number of hydrogen-bond donors (Lipinski definition) is 0. The van der Waals surface area contributed by atoms with Gasteiger partial charge in [0.1, 0.15) is 0 Å². The second-order valence-electron chi connectivity index (χ2n) is 7.09. The largest absolute Gasteiger partial charge is 0.0622 e. The van der Waals surface area contributed by atoms with Crippen LogP contribution < -0.4 is 0 Å². The van der Waals surface area contributed by atoms with E-state index in [9.17, 15) is 0 Å². The summed E-state index contributed by atoms with van der Waals surface area (Å²) < 4.78 is 0. The van der Waals surface area contributed by atoms with Crippen molar-refractivity contribution in [2.24, 2.45) is 0 Å². The van der Waals surface area contributed by atoms with E-state index in [2.05, 4.69) is 84.6 Å². The van der Waals surface area contributed by atoms with E-state index in [1.54, 1.807) is 0 Å². The molecule has 1 aliphatic rings. The third kappa shape index (κ3) is 3.73. The fourth-order valence-electron chi connectivity index (χ4n) is 3.98. The summed E-state index contributed by atoms with van der Waals surface area (Å²) in [5.41, 5.74) is 6.24. The molecule has 128 valence electrons. The Kier molecular flexibility index (Phi) is 5.17. The molecule has 1 aliphatic carbocycles. The molecule has 4 rings (SSSR count). The maximum Gasteiger partial charge on any atom is 0.0362 e. The lowest BCUT2D eigenvalue weighted by Gasteiger charge is -2.24. The van der Waals surface area contributed by atoms with E-state index in [1.165, 1.54) is 54.4 Å². The third-order valence-electron chi connectivity index (χ3n) is 5.33. The van der Waals surface area contributed by atoms with Crippen LogP contribution in [0.15, 0.2) is 78.9 Å². The summed E-state index contributed by atoms with van der Waals surface area (Å²) in [6.45, 7) is 0. The van der Waals surface area contributed by atoms with Crippen molar-refractivity contribution in [2.45, 2.75) is 38.0 Å². The predicted molar refractivity (Wildman–Crippen MR) is 110 cm³/mol. The molecule has 3 aromatic rings. The first kappa shape index (κ1) is 16.7. The van der Waals surface area contributed by atoms with Crippen molar-refractivity contribution in [3.63, 3.8) is 0 Å². The fraction of sp³-hybridized carbons (Fsp3) is 0.231. The Bertz CT molecular complexity index is 905.